The van der Waals surface area contributed by atoms with Crippen LogP contribution < -0.4 is 11.1 Å². The summed E-state index contributed by atoms with van der Waals surface area (Å²) in [6, 6.07) is 0.892. The summed E-state index contributed by atoms with van der Waals surface area (Å²) in [5, 5.41) is 2.93. The molecule has 3 N–H and O–H groups in total. The van der Waals surface area contributed by atoms with E-state index in [1.54, 1.807) is 0 Å². The monoisotopic (exact) mass is 289 g/mol. The molecule has 1 aromatic rings. The molecule has 0 aromatic carbocycles. The fraction of sp³-hybridized carbons (Fsp3) is 0.667. The van der Waals surface area contributed by atoms with Crippen LogP contribution in [-0.4, -0.2) is 41.0 Å². The van der Waals surface area contributed by atoms with Crippen molar-refractivity contribution in [3.8, 4) is 0 Å². The van der Waals surface area contributed by atoms with E-state index in [1.165, 1.54) is 0 Å². The van der Waals surface area contributed by atoms with E-state index in [2.05, 4.69) is 27.1 Å². The van der Waals surface area contributed by atoms with Crippen LogP contribution in [0, 0.1) is 5.92 Å². The standard InChI is InChI=1S/C12H18F3N5/c1-2-20-4-3-8(7-20)6-17-10-5-9(12(13,14)15)18-11(16)19-10/h5,8H,2-4,6-7H2,1H3,(H3,16,17,18,19). The van der Waals surface area contributed by atoms with Gasteiger partial charge in [-0.15, -0.1) is 0 Å². The van der Waals surface area contributed by atoms with Crippen molar-refractivity contribution in [2.75, 3.05) is 37.2 Å². The molecule has 1 saturated heterocycles. The minimum atomic E-state index is -4.51. The van der Waals surface area contributed by atoms with Crippen molar-refractivity contribution in [3.05, 3.63) is 11.8 Å². The molecular formula is C12H18F3N5. The lowest BCUT2D eigenvalue weighted by atomic mass is 10.1. The topological polar surface area (TPSA) is 67.1 Å². The lowest BCUT2D eigenvalue weighted by Crippen LogP contribution is -2.23. The zero-order valence-electron chi connectivity index (χ0n) is 11.2. The van der Waals surface area contributed by atoms with Gasteiger partial charge in [-0.25, -0.2) is 4.98 Å². The zero-order valence-corrected chi connectivity index (χ0v) is 11.2. The average molecular weight is 289 g/mol. The molecule has 8 heteroatoms. The number of anilines is 2. The van der Waals surface area contributed by atoms with Gasteiger partial charge in [0.05, 0.1) is 0 Å². The Morgan fingerprint density at radius 1 is 1.45 bits per heavy atom. The van der Waals surface area contributed by atoms with Gasteiger partial charge in [0.2, 0.25) is 5.95 Å². The van der Waals surface area contributed by atoms with Crippen molar-refractivity contribution in [2.45, 2.75) is 19.5 Å². The Hall–Kier alpha value is -1.57. The number of halogens is 3. The van der Waals surface area contributed by atoms with Crippen molar-refractivity contribution >= 4 is 11.8 Å². The molecule has 112 valence electrons. The highest BCUT2D eigenvalue weighted by molar-refractivity contribution is 5.41. The summed E-state index contributed by atoms with van der Waals surface area (Å²) in [4.78, 5) is 9.30. The van der Waals surface area contributed by atoms with Crippen LogP contribution in [0.15, 0.2) is 6.07 Å². The SMILES string of the molecule is CCN1CCC(CNc2cc(C(F)(F)F)nc(N)n2)C1. The van der Waals surface area contributed by atoms with Crippen molar-refractivity contribution in [1.82, 2.24) is 14.9 Å². The molecular weight excluding hydrogens is 271 g/mol. The summed E-state index contributed by atoms with van der Waals surface area (Å²) in [7, 11) is 0. The minimum Gasteiger partial charge on any atom is -0.370 e. The first kappa shape index (κ1) is 14.8. The molecule has 1 unspecified atom stereocenters. The number of nitrogens with one attached hydrogen (secondary N) is 1. The van der Waals surface area contributed by atoms with Crippen LogP contribution in [0.4, 0.5) is 24.9 Å². The van der Waals surface area contributed by atoms with E-state index in [9.17, 15) is 13.2 Å². The normalized spacial score (nSPS) is 20.3. The predicted octanol–water partition coefficient (Wildman–Crippen LogP) is 1.83. The molecule has 1 fully saturated rings. The number of aromatic nitrogens is 2. The van der Waals surface area contributed by atoms with E-state index >= 15 is 0 Å². The zero-order chi connectivity index (χ0) is 14.8. The molecule has 1 aromatic heterocycles. The van der Waals surface area contributed by atoms with Crippen LogP contribution in [0.2, 0.25) is 0 Å². The van der Waals surface area contributed by atoms with E-state index < -0.39 is 11.9 Å². The Bertz CT molecular complexity index is 463. The first-order valence-corrected chi connectivity index (χ1v) is 6.56. The molecule has 2 heterocycles. The van der Waals surface area contributed by atoms with Gasteiger partial charge in [-0.3, -0.25) is 0 Å². The van der Waals surface area contributed by atoms with Crippen molar-refractivity contribution in [2.24, 2.45) is 5.92 Å². The second-order valence-corrected chi connectivity index (χ2v) is 4.92. The van der Waals surface area contributed by atoms with Crippen molar-refractivity contribution < 1.29 is 13.2 Å². The highest BCUT2D eigenvalue weighted by atomic mass is 19.4. The summed E-state index contributed by atoms with van der Waals surface area (Å²) in [6.45, 7) is 5.66. The Morgan fingerprint density at radius 2 is 2.20 bits per heavy atom. The summed E-state index contributed by atoms with van der Waals surface area (Å²) in [5.41, 5.74) is 4.29. The second kappa shape index (κ2) is 5.82. The quantitative estimate of drug-likeness (QED) is 0.885. The summed E-state index contributed by atoms with van der Waals surface area (Å²) >= 11 is 0. The minimum absolute atomic E-state index is 0.125. The Labute approximate surface area is 115 Å². The van der Waals surface area contributed by atoms with Gasteiger partial charge in [0.15, 0.2) is 5.69 Å². The van der Waals surface area contributed by atoms with Crippen LogP contribution >= 0.6 is 0 Å². The predicted molar refractivity (Wildman–Crippen MR) is 70.2 cm³/mol. The third-order valence-corrected chi connectivity index (χ3v) is 3.42. The molecule has 0 amide bonds. The number of nitrogen functional groups attached to an aromatic ring is 1. The summed E-state index contributed by atoms with van der Waals surface area (Å²) < 4.78 is 37.8. The summed E-state index contributed by atoms with van der Waals surface area (Å²) in [6.07, 6.45) is -3.48. The maximum Gasteiger partial charge on any atom is 0.433 e. The first-order valence-electron chi connectivity index (χ1n) is 6.56. The first-order chi connectivity index (χ1) is 9.38. The van der Waals surface area contributed by atoms with E-state index in [0.29, 0.717) is 12.5 Å². The lowest BCUT2D eigenvalue weighted by Gasteiger charge is -2.15. The van der Waals surface area contributed by atoms with E-state index in [-0.39, 0.29) is 11.8 Å². The molecule has 1 aliphatic rings. The number of nitrogens with zero attached hydrogens (tertiary/aromatic N) is 3. The average Bonchev–Trinajstić information content (AvgIpc) is 2.82. The number of nitrogens with two attached hydrogens (primary N) is 1. The summed E-state index contributed by atoms with van der Waals surface area (Å²) in [5.74, 6) is 0.171. The second-order valence-electron chi connectivity index (χ2n) is 4.92. The van der Waals surface area contributed by atoms with Crippen molar-refractivity contribution in [3.63, 3.8) is 0 Å². The number of hydrogen-bond acceptors (Lipinski definition) is 5. The maximum atomic E-state index is 12.6. The van der Waals surface area contributed by atoms with Gasteiger partial charge < -0.3 is 16.0 Å². The highest BCUT2D eigenvalue weighted by Crippen LogP contribution is 2.29. The molecule has 1 aliphatic heterocycles. The smallest absolute Gasteiger partial charge is 0.370 e. The number of hydrogen-bond donors (Lipinski definition) is 2. The van der Waals surface area contributed by atoms with Gasteiger partial charge in [-0.2, -0.15) is 18.2 Å². The number of likely N-dealkylation sites (tertiary alicyclic amines) is 1. The Morgan fingerprint density at radius 3 is 2.80 bits per heavy atom. The number of alkyl halides is 3. The van der Waals surface area contributed by atoms with Gasteiger partial charge in [0, 0.05) is 19.2 Å². The molecule has 0 aliphatic carbocycles. The van der Waals surface area contributed by atoms with E-state index in [0.717, 1.165) is 32.1 Å². The van der Waals surface area contributed by atoms with Gasteiger partial charge in [-0.1, -0.05) is 6.92 Å². The number of rotatable bonds is 4. The van der Waals surface area contributed by atoms with Crippen LogP contribution in [0.3, 0.4) is 0 Å². The fourth-order valence-electron chi connectivity index (χ4n) is 2.32. The van der Waals surface area contributed by atoms with Gasteiger partial charge in [-0.05, 0) is 25.4 Å². The molecule has 0 bridgehead atoms. The van der Waals surface area contributed by atoms with Crippen molar-refractivity contribution in [1.29, 1.82) is 0 Å². The molecule has 0 radical (unpaired) electrons. The third-order valence-electron chi connectivity index (χ3n) is 3.42. The van der Waals surface area contributed by atoms with E-state index in [1.807, 2.05) is 0 Å². The van der Waals surface area contributed by atoms with Crippen LogP contribution in [0.5, 0.6) is 0 Å². The largest absolute Gasteiger partial charge is 0.433 e. The van der Waals surface area contributed by atoms with Gasteiger partial charge in [0.1, 0.15) is 5.82 Å². The molecule has 1 atom stereocenters. The molecule has 20 heavy (non-hydrogen) atoms. The third kappa shape index (κ3) is 3.72. The van der Waals surface area contributed by atoms with Crippen LogP contribution in [0.25, 0.3) is 0 Å². The Balaban J connectivity index is 1.98. The Kier molecular flexibility index (Phi) is 4.32. The fourth-order valence-corrected chi connectivity index (χ4v) is 2.32. The highest BCUT2D eigenvalue weighted by Gasteiger charge is 2.33. The maximum absolute atomic E-state index is 12.6. The molecule has 0 saturated carbocycles. The van der Waals surface area contributed by atoms with Crippen LogP contribution in [-0.2, 0) is 6.18 Å². The lowest BCUT2D eigenvalue weighted by molar-refractivity contribution is -0.141. The van der Waals surface area contributed by atoms with Gasteiger partial charge >= 0.3 is 6.18 Å². The van der Waals surface area contributed by atoms with Crippen LogP contribution in [0.1, 0.15) is 19.0 Å². The molecule has 5 nitrogen and oxygen atoms in total. The van der Waals surface area contributed by atoms with E-state index in [4.69, 9.17) is 5.73 Å². The molecule has 2 rings (SSSR count). The van der Waals surface area contributed by atoms with Gasteiger partial charge in [0.25, 0.3) is 0 Å². The molecule has 0 spiro atoms.